The summed E-state index contributed by atoms with van der Waals surface area (Å²) in [7, 11) is 0. The molecule has 7 heteroatoms. The zero-order valence-corrected chi connectivity index (χ0v) is 9.78. The van der Waals surface area contributed by atoms with Crippen LogP contribution in [0.2, 0.25) is 0 Å². The molecule has 0 amide bonds. The molecule has 0 atom stereocenters. The van der Waals surface area contributed by atoms with Crippen LogP contribution in [-0.4, -0.2) is 0 Å². The summed E-state index contributed by atoms with van der Waals surface area (Å²) in [5.41, 5.74) is -0.557. The average molecular weight is 291 g/mol. The van der Waals surface area contributed by atoms with Gasteiger partial charge in [0.15, 0.2) is 29.1 Å². The second-order valence-electron chi connectivity index (χ2n) is 3.98. The van der Waals surface area contributed by atoms with Crippen molar-refractivity contribution in [3.05, 3.63) is 64.7 Å². The predicted molar refractivity (Wildman–Crippen MR) is 60.0 cm³/mol. The highest BCUT2D eigenvalue weighted by Gasteiger charge is 2.13. The highest BCUT2D eigenvalue weighted by atomic mass is 19.2. The van der Waals surface area contributed by atoms with Crippen LogP contribution in [0.25, 0.3) is 0 Å². The van der Waals surface area contributed by atoms with Crippen molar-refractivity contribution >= 4 is 5.69 Å². The first kappa shape index (κ1) is 14.2. The van der Waals surface area contributed by atoms with Crippen molar-refractivity contribution in [3.63, 3.8) is 0 Å². The molecular weight excluding hydrogens is 284 g/mol. The molecule has 0 heterocycles. The van der Waals surface area contributed by atoms with E-state index in [2.05, 4.69) is 5.32 Å². The van der Waals surface area contributed by atoms with Gasteiger partial charge in [-0.05, 0) is 17.7 Å². The fourth-order valence-electron chi connectivity index (χ4n) is 1.59. The highest BCUT2D eigenvalue weighted by Crippen LogP contribution is 2.21. The molecule has 0 aromatic heterocycles. The maximum atomic E-state index is 13.3. The van der Waals surface area contributed by atoms with E-state index in [1.165, 1.54) is 0 Å². The molecule has 1 nitrogen and oxygen atoms in total. The molecule has 0 aliphatic carbocycles. The molecule has 0 fully saturated rings. The van der Waals surface area contributed by atoms with Crippen molar-refractivity contribution in [1.82, 2.24) is 0 Å². The molecule has 2 rings (SSSR count). The molecule has 0 saturated carbocycles. The molecule has 2 aromatic carbocycles. The number of hydrogen-bond donors (Lipinski definition) is 1. The van der Waals surface area contributed by atoms with Crippen LogP contribution in [0.4, 0.5) is 32.0 Å². The summed E-state index contributed by atoms with van der Waals surface area (Å²) in [6.07, 6.45) is 0. The zero-order chi connectivity index (χ0) is 14.9. The molecule has 0 spiro atoms. The third-order valence-electron chi connectivity index (χ3n) is 2.52. The van der Waals surface area contributed by atoms with E-state index in [9.17, 15) is 26.3 Å². The SMILES string of the molecule is Fc1cc(F)c(F)c(NCc2cc(F)c(F)c(F)c2)c1. The van der Waals surface area contributed by atoms with E-state index >= 15 is 0 Å². The molecular formula is C13H7F6N. The van der Waals surface area contributed by atoms with Crippen molar-refractivity contribution in [2.75, 3.05) is 5.32 Å². The summed E-state index contributed by atoms with van der Waals surface area (Å²) in [6.45, 7) is -0.339. The van der Waals surface area contributed by atoms with Gasteiger partial charge in [-0.2, -0.15) is 0 Å². The minimum atomic E-state index is -1.63. The maximum absolute atomic E-state index is 13.3. The fourth-order valence-corrected chi connectivity index (χ4v) is 1.59. The summed E-state index contributed by atoms with van der Waals surface area (Å²) in [4.78, 5) is 0. The van der Waals surface area contributed by atoms with Crippen LogP contribution in [0.3, 0.4) is 0 Å². The first-order valence-corrected chi connectivity index (χ1v) is 5.40. The lowest BCUT2D eigenvalue weighted by atomic mass is 10.2. The van der Waals surface area contributed by atoms with E-state index in [0.29, 0.717) is 24.3 Å². The lowest BCUT2D eigenvalue weighted by Crippen LogP contribution is -2.05. The number of benzene rings is 2. The summed E-state index contributed by atoms with van der Waals surface area (Å²) < 4.78 is 77.7. The molecule has 0 radical (unpaired) electrons. The Bertz CT molecular complexity index is 633. The molecule has 0 unspecified atom stereocenters. The molecule has 0 aliphatic heterocycles. The van der Waals surface area contributed by atoms with Crippen LogP contribution >= 0.6 is 0 Å². The monoisotopic (exact) mass is 291 g/mol. The van der Waals surface area contributed by atoms with Crippen molar-refractivity contribution in [2.24, 2.45) is 0 Å². The van der Waals surface area contributed by atoms with E-state index < -0.39 is 40.6 Å². The van der Waals surface area contributed by atoms with E-state index in [1.54, 1.807) is 0 Å². The third kappa shape index (κ3) is 2.87. The van der Waals surface area contributed by atoms with Crippen LogP contribution < -0.4 is 5.32 Å². The second kappa shape index (κ2) is 5.44. The van der Waals surface area contributed by atoms with Crippen molar-refractivity contribution in [2.45, 2.75) is 6.54 Å². The van der Waals surface area contributed by atoms with Gasteiger partial charge in [0, 0.05) is 18.7 Å². The number of halogens is 6. The van der Waals surface area contributed by atoms with Gasteiger partial charge in [0.2, 0.25) is 0 Å². The summed E-state index contributed by atoms with van der Waals surface area (Å²) in [5.74, 6) is -8.18. The lowest BCUT2D eigenvalue weighted by Gasteiger charge is -2.09. The summed E-state index contributed by atoms with van der Waals surface area (Å²) in [5, 5.41) is 2.27. The minimum Gasteiger partial charge on any atom is -0.378 e. The van der Waals surface area contributed by atoms with Gasteiger partial charge in [0.05, 0.1) is 5.69 Å². The molecule has 0 bridgehead atoms. The fraction of sp³-hybridized carbons (Fsp3) is 0.0769. The third-order valence-corrected chi connectivity index (χ3v) is 2.52. The average Bonchev–Trinajstić information content (AvgIpc) is 2.38. The smallest absolute Gasteiger partial charge is 0.194 e. The van der Waals surface area contributed by atoms with Crippen molar-refractivity contribution in [3.8, 4) is 0 Å². The highest BCUT2D eigenvalue weighted by molar-refractivity contribution is 5.46. The molecule has 0 saturated heterocycles. The first-order valence-electron chi connectivity index (χ1n) is 5.40. The number of nitrogens with one attached hydrogen (secondary N) is 1. The second-order valence-corrected chi connectivity index (χ2v) is 3.98. The van der Waals surface area contributed by atoms with Gasteiger partial charge in [-0.3, -0.25) is 0 Å². The van der Waals surface area contributed by atoms with E-state index in [1.807, 2.05) is 0 Å². The van der Waals surface area contributed by atoms with Gasteiger partial charge in [0.1, 0.15) is 5.82 Å². The Morgan fingerprint density at radius 2 is 1.25 bits per heavy atom. The Labute approximate surface area is 109 Å². The van der Waals surface area contributed by atoms with Crippen LogP contribution in [0.15, 0.2) is 24.3 Å². The normalized spacial score (nSPS) is 10.7. The van der Waals surface area contributed by atoms with Gasteiger partial charge >= 0.3 is 0 Å². The standard InChI is InChI=1S/C13H7F6N/c14-7-3-10(17)13(19)11(4-7)20-5-6-1-8(15)12(18)9(16)2-6/h1-4,20H,5H2. The Kier molecular flexibility index (Phi) is 3.87. The Morgan fingerprint density at radius 1 is 0.700 bits per heavy atom. The first-order chi connectivity index (χ1) is 9.38. The summed E-state index contributed by atoms with van der Waals surface area (Å²) >= 11 is 0. The minimum absolute atomic E-state index is 0.0505. The van der Waals surface area contributed by atoms with E-state index in [4.69, 9.17) is 0 Å². The van der Waals surface area contributed by atoms with Crippen molar-refractivity contribution in [1.29, 1.82) is 0 Å². The Morgan fingerprint density at radius 3 is 1.85 bits per heavy atom. The van der Waals surface area contributed by atoms with Crippen LogP contribution in [-0.2, 0) is 6.54 Å². The molecule has 106 valence electrons. The van der Waals surface area contributed by atoms with Crippen molar-refractivity contribution < 1.29 is 26.3 Å². The maximum Gasteiger partial charge on any atom is 0.194 e. The van der Waals surface area contributed by atoms with Crippen LogP contribution in [0.1, 0.15) is 5.56 Å². The molecule has 0 aliphatic rings. The predicted octanol–water partition coefficient (Wildman–Crippen LogP) is 4.13. The van der Waals surface area contributed by atoms with E-state index in [0.717, 1.165) is 0 Å². The van der Waals surface area contributed by atoms with Gasteiger partial charge in [-0.1, -0.05) is 0 Å². The number of anilines is 1. The Balaban J connectivity index is 2.21. The Hall–Kier alpha value is -2.18. The molecule has 1 N–H and O–H groups in total. The molecule has 20 heavy (non-hydrogen) atoms. The quantitative estimate of drug-likeness (QED) is 0.509. The van der Waals surface area contributed by atoms with Gasteiger partial charge in [0.25, 0.3) is 0 Å². The zero-order valence-electron chi connectivity index (χ0n) is 9.78. The van der Waals surface area contributed by atoms with Gasteiger partial charge in [-0.25, -0.2) is 26.3 Å². The van der Waals surface area contributed by atoms with Gasteiger partial charge in [-0.15, -0.1) is 0 Å². The van der Waals surface area contributed by atoms with E-state index in [-0.39, 0.29) is 12.1 Å². The van der Waals surface area contributed by atoms with Crippen LogP contribution in [0, 0.1) is 34.9 Å². The summed E-state index contributed by atoms with van der Waals surface area (Å²) in [6, 6.07) is 2.43. The molecule has 2 aromatic rings. The topological polar surface area (TPSA) is 12.0 Å². The van der Waals surface area contributed by atoms with Crippen LogP contribution in [0.5, 0.6) is 0 Å². The number of hydrogen-bond acceptors (Lipinski definition) is 1. The largest absolute Gasteiger partial charge is 0.378 e. The van der Waals surface area contributed by atoms with Gasteiger partial charge < -0.3 is 5.32 Å². The lowest BCUT2D eigenvalue weighted by molar-refractivity contribution is 0.445. The number of rotatable bonds is 3.